The van der Waals surface area contributed by atoms with Crippen molar-refractivity contribution in [3.8, 4) is 0 Å². The zero-order valence-electron chi connectivity index (χ0n) is 16.2. The Kier molecular flexibility index (Phi) is 15.7. The summed E-state index contributed by atoms with van der Waals surface area (Å²) in [6, 6.07) is 0.698. The minimum Gasteiger partial charge on any atom is -0.317 e. The number of nitrogens with zero attached hydrogens (tertiary/aromatic N) is 2. The van der Waals surface area contributed by atoms with Gasteiger partial charge in [0, 0.05) is 6.04 Å². The molecule has 0 aliphatic rings. The van der Waals surface area contributed by atoms with E-state index in [1.54, 1.807) is 0 Å². The quantitative estimate of drug-likeness (QED) is 0.435. The SMILES string of the molecule is CCNCCCCCCN(CCCCCCN(C)C)C(C)C. The van der Waals surface area contributed by atoms with Crippen LogP contribution in [0.25, 0.3) is 0 Å². The second kappa shape index (κ2) is 15.8. The molecule has 134 valence electrons. The van der Waals surface area contributed by atoms with Crippen molar-refractivity contribution < 1.29 is 0 Å². The highest BCUT2D eigenvalue weighted by atomic mass is 15.1. The van der Waals surface area contributed by atoms with Gasteiger partial charge in [0.2, 0.25) is 0 Å². The first-order chi connectivity index (χ1) is 10.6. The van der Waals surface area contributed by atoms with E-state index < -0.39 is 0 Å². The minimum absolute atomic E-state index is 0.698. The molecule has 22 heavy (non-hydrogen) atoms. The molecule has 0 radical (unpaired) electrons. The normalized spacial score (nSPS) is 12.0. The monoisotopic (exact) mass is 313 g/mol. The zero-order valence-corrected chi connectivity index (χ0v) is 16.2. The number of unbranched alkanes of at least 4 members (excludes halogenated alkanes) is 6. The Morgan fingerprint density at radius 3 is 1.68 bits per heavy atom. The first kappa shape index (κ1) is 21.9. The van der Waals surface area contributed by atoms with Crippen LogP contribution in [0, 0.1) is 0 Å². The summed E-state index contributed by atoms with van der Waals surface area (Å²) in [5.74, 6) is 0. The summed E-state index contributed by atoms with van der Waals surface area (Å²) < 4.78 is 0. The summed E-state index contributed by atoms with van der Waals surface area (Å²) in [6.07, 6.45) is 11.0. The fourth-order valence-corrected chi connectivity index (χ4v) is 2.82. The maximum Gasteiger partial charge on any atom is 0.00385 e. The Balaban J connectivity index is 3.53. The van der Waals surface area contributed by atoms with Gasteiger partial charge in [0.1, 0.15) is 0 Å². The lowest BCUT2D eigenvalue weighted by molar-refractivity contribution is 0.211. The smallest absolute Gasteiger partial charge is 0.00385 e. The Hall–Kier alpha value is -0.120. The van der Waals surface area contributed by atoms with Gasteiger partial charge in [-0.15, -0.1) is 0 Å². The van der Waals surface area contributed by atoms with E-state index in [0.29, 0.717) is 6.04 Å². The van der Waals surface area contributed by atoms with Gasteiger partial charge in [-0.05, 0) is 86.3 Å². The molecule has 0 atom stereocenters. The Morgan fingerprint density at radius 1 is 0.727 bits per heavy atom. The van der Waals surface area contributed by atoms with Crippen molar-refractivity contribution in [3.05, 3.63) is 0 Å². The number of hydrogen-bond donors (Lipinski definition) is 1. The van der Waals surface area contributed by atoms with Gasteiger partial charge in [0.15, 0.2) is 0 Å². The first-order valence-corrected chi connectivity index (χ1v) is 9.67. The topological polar surface area (TPSA) is 18.5 Å². The van der Waals surface area contributed by atoms with Gasteiger partial charge in [-0.3, -0.25) is 0 Å². The average molecular weight is 314 g/mol. The molecular formula is C19H43N3. The van der Waals surface area contributed by atoms with E-state index in [0.717, 1.165) is 6.54 Å². The molecule has 0 aliphatic heterocycles. The van der Waals surface area contributed by atoms with Crippen LogP contribution < -0.4 is 5.32 Å². The van der Waals surface area contributed by atoms with Crippen molar-refractivity contribution >= 4 is 0 Å². The van der Waals surface area contributed by atoms with Crippen LogP contribution in [0.15, 0.2) is 0 Å². The molecule has 0 aliphatic carbocycles. The maximum absolute atomic E-state index is 3.40. The van der Waals surface area contributed by atoms with E-state index in [4.69, 9.17) is 0 Å². The lowest BCUT2D eigenvalue weighted by Crippen LogP contribution is -2.32. The van der Waals surface area contributed by atoms with Crippen molar-refractivity contribution in [2.75, 3.05) is 46.8 Å². The van der Waals surface area contributed by atoms with Crippen molar-refractivity contribution in [3.63, 3.8) is 0 Å². The fourth-order valence-electron chi connectivity index (χ4n) is 2.82. The van der Waals surface area contributed by atoms with Gasteiger partial charge in [-0.25, -0.2) is 0 Å². The predicted molar refractivity (Wildman–Crippen MR) is 101 cm³/mol. The fraction of sp³-hybridized carbons (Fsp3) is 1.00. The summed E-state index contributed by atoms with van der Waals surface area (Å²) in [4.78, 5) is 4.96. The molecule has 0 spiro atoms. The van der Waals surface area contributed by atoms with Crippen LogP contribution >= 0.6 is 0 Å². The molecule has 0 bridgehead atoms. The van der Waals surface area contributed by atoms with E-state index in [9.17, 15) is 0 Å². The lowest BCUT2D eigenvalue weighted by Gasteiger charge is -2.26. The third-order valence-electron chi connectivity index (χ3n) is 4.33. The van der Waals surface area contributed by atoms with E-state index >= 15 is 0 Å². The second-order valence-electron chi connectivity index (χ2n) is 7.11. The van der Waals surface area contributed by atoms with Crippen LogP contribution in [0.1, 0.15) is 72.1 Å². The molecule has 0 unspecified atom stereocenters. The summed E-state index contributed by atoms with van der Waals surface area (Å²) >= 11 is 0. The van der Waals surface area contributed by atoms with E-state index in [1.807, 2.05) is 0 Å². The highest BCUT2D eigenvalue weighted by molar-refractivity contribution is 4.63. The molecular weight excluding hydrogens is 270 g/mol. The van der Waals surface area contributed by atoms with E-state index in [2.05, 4.69) is 50.0 Å². The molecule has 0 saturated heterocycles. The zero-order chi connectivity index (χ0) is 16.6. The van der Waals surface area contributed by atoms with E-state index in [-0.39, 0.29) is 0 Å². The van der Waals surface area contributed by atoms with Crippen LogP contribution in [0.4, 0.5) is 0 Å². The molecule has 0 heterocycles. The number of nitrogens with one attached hydrogen (secondary N) is 1. The van der Waals surface area contributed by atoms with Crippen molar-refractivity contribution in [2.45, 2.75) is 78.2 Å². The van der Waals surface area contributed by atoms with Gasteiger partial charge in [-0.2, -0.15) is 0 Å². The third kappa shape index (κ3) is 14.8. The largest absolute Gasteiger partial charge is 0.317 e. The molecule has 1 N–H and O–H groups in total. The summed E-state index contributed by atoms with van der Waals surface area (Å²) in [5.41, 5.74) is 0. The van der Waals surface area contributed by atoms with E-state index in [1.165, 1.54) is 77.5 Å². The maximum atomic E-state index is 3.40. The minimum atomic E-state index is 0.698. The Bertz CT molecular complexity index is 217. The predicted octanol–water partition coefficient (Wildman–Crippen LogP) is 3.99. The molecule has 0 aromatic heterocycles. The van der Waals surface area contributed by atoms with Gasteiger partial charge < -0.3 is 15.1 Å². The third-order valence-corrected chi connectivity index (χ3v) is 4.33. The Labute approximate surface area is 140 Å². The van der Waals surface area contributed by atoms with Crippen LogP contribution in [0.2, 0.25) is 0 Å². The summed E-state index contributed by atoms with van der Waals surface area (Å²) in [7, 11) is 4.33. The van der Waals surface area contributed by atoms with Crippen LogP contribution in [-0.4, -0.2) is 62.7 Å². The number of hydrogen-bond acceptors (Lipinski definition) is 3. The standard InChI is InChI=1S/C19H43N3/c1-6-20-15-11-7-8-13-17-22(19(2)3)18-14-10-9-12-16-21(4)5/h19-20H,6-18H2,1-5H3. The molecule has 0 rings (SSSR count). The molecule has 0 amide bonds. The Morgan fingerprint density at radius 2 is 1.23 bits per heavy atom. The summed E-state index contributed by atoms with van der Waals surface area (Å²) in [6.45, 7) is 13.0. The first-order valence-electron chi connectivity index (χ1n) is 9.67. The molecule has 0 saturated carbocycles. The molecule has 3 nitrogen and oxygen atoms in total. The molecule has 0 aromatic carbocycles. The number of rotatable bonds is 16. The van der Waals surface area contributed by atoms with Gasteiger partial charge in [0.25, 0.3) is 0 Å². The van der Waals surface area contributed by atoms with Crippen molar-refractivity contribution in [1.82, 2.24) is 15.1 Å². The van der Waals surface area contributed by atoms with Crippen LogP contribution in [0.5, 0.6) is 0 Å². The molecule has 3 heteroatoms. The van der Waals surface area contributed by atoms with Gasteiger partial charge >= 0.3 is 0 Å². The average Bonchev–Trinajstić information content (AvgIpc) is 2.46. The highest BCUT2D eigenvalue weighted by Crippen LogP contribution is 2.08. The van der Waals surface area contributed by atoms with Crippen LogP contribution in [0.3, 0.4) is 0 Å². The highest BCUT2D eigenvalue weighted by Gasteiger charge is 2.08. The van der Waals surface area contributed by atoms with Crippen molar-refractivity contribution in [1.29, 1.82) is 0 Å². The molecule has 0 aromatic rings. The van der Waals surface area contributed by atoms with Gasteiger partial charge in [0.05, 0.1) is 0 Å². The lowest BCUT2D eigenvalue weighted by atomic mass is 10.1. The van der Waals surface area contributed by atoms with Crippen LogP contribution in [-0.2, 0) is 0 Å². The van der Waals surface area contributed by atoms with Gasteiger partial charge in [-0.1, -0.05) is 32.6 Å². The molecule has 0 fully saturated rings. The second-order valence-corrected chi connectivity index (χ2v) is 7.11. The van der Waals surface area contributed by atoms with Crippen molar-refractivity contribution in [2.24, 2.45) is 0 Å². The summed E-state index contributed by atoms with van der Waals surface area (Å²) in [5, 5.41) is 3.40.